The Morgan fingerprint density at radius 2 is 2.24 bits per heavy atom. The number of thiophene rings is 1. The van der Waals surface area contributed by atoms with Gasteiger partial charge in [0, 0.05) is 26.2 Å². The minimum absolute atomic E-state index is 0.316. The first kappa shape index (κ1) is 18.7. The Bertz CT molecular complexity index is 507. The van der Waals surface area contributed by atoms with Gasteiger partial charge in [-0.05, 0) is 61.4 Å². The lowest BCUT2D eigenvalue weighted by atomic mass is 10.1. The number of rotatable bonds is 6. The minimum Gasteiger partial charge on any atom is -0.376 e. The van der Waals surface area contributed by atoms with Crippen LogP contribution >= 0.6 is 11.3 Å². The van der Waals surface area contributed by atoms with E-state index in [0.717, 1.165) is 64.6 Å². The molecule has 3 rings (SSSR count). The maximum Gasteiger partial charge on any atom is 0.194 e. The van der Waals surface area contributed by atoms with E-state index in [9.17, 15) is 0 Å². The summed E-state index contributed by atoms with van der Waals surface area (Å²) in [6.45, 7) is 7.45. The summed E-state index contributed by atoms with van der Waals surface area (Å²) in [6, 6.07) is 2.14. The van der Waals surface area contributed by atoms with E-state index in [4.69, 9.17) is 14.5 Å². The Balaban J connectivity index is 1.43. The molecule has 3 heterocycles. The van der Waals surface area contributed by atoms with Gasteiger partial charge < -0.3 is 19.7 Å². The largest absolute Gasteiger partial charge is 0.376 e. The van der Waals surface area contributed by atoms with E-state index in [-0.39, 0.29) is 0 Å². The number of hydrogen-bond acceptors (Lipinski definition) is 4. The van der Waals surface area contributed by atoms with Crippen molar-refractivity contribution in [1.29, 1.82) is 0 Å². The summed E-state index contributed by atoms with van der Waals surface area (Å²) in [4.78, 5) is 7.17. The second-order valence-corrected chi connectivity index (χ2v) is 7.59. The maximum absolute atomic E-state index is 6.12. The zero-order valence-electron chi connectivity index (χ0n) is 15.3. The van der Waals surface area contributed by atoms with Crippen molar-refractivity contribution < 1.29 is 9.47 Å². The second kappa shape index (κ2) is 10.1. The molecule has 2 fully saturated rings. The van der Waals surface area contributed by atoms with Crippen molar-refractivity contribution >= 4 is 17.3 Å². The summed E-state index contributed by atoms with van der Waals surface area (Å²) in [5, 5.41) is 7.71. The van der Waals surface area contributed by atoms with Crippen molar-refractivity contribution in [1.82, 2.24) is 10.2 Å². The number of nitrogens with one attached hydrogen (secondary N) is 1. The quantitative estimate of drug-likeness (QED) is 0.621. The number of guanidine groups is 1. The number of ether oxygens (including phenoxy) is 2. The standard InChI is InChI=1S/C19H31N3O2S/c1-2-20-19(21-13-16-8-12-25-15-16)22-9-6-17(7-10-22)24-14-18-5-3-4-11-23-18/h8,12,15,17-18H,2-7,9-11,13-14H2,1H3,(H,20,21). The zero-order chi connectivity index (χ0) is 17.3. The molecule has 2 aliphatic rings. The zero-order valence-corrected chi connectivity index (χ0v) is 16.1. The van der Waals surface area contributed by atoms with Gasteiger partial charge >= 0.3 is 0 Å². The molecule has 0 saturated carbocycles. The monoisotopic (exact) mass is 365 g/mol. The third kappa shape index (κ3) is 5.97. The first-order valence-electron chi connectivity index (χ1n) is 9.62. The maximum atomic E-state index is 6.12. The molecule has 1 aromatic heterocycles. The van der Waals surface area contributed by atoms with Crippen LogP contribution in [0.15, 0.2) is 21.8 Å². The van der Waals surface area contributed by atoms with Gasteiger partial charge in [-0.15, -0.1) is 0 Å². The smallest absolute Gasteiger partial charge is 0.194 e. The highest BCUT2D eigenvalue weighted by Crippen LogP contribution is 2.18. The Hall–Kier alpha value is -1.11. The molecule has 1 aromatic rings. The molecular formula is C19H31N3O2S. The summed E-state index contributed by atoms with van der Waals surface area (Å²) in [5.74, 6) is 1.03. The van der Waals surface area contributed by atoms with Crippen LogP contribution in [0.1, 0.15) is 44.6 Å². The third-order valence-corrected chi connectivity index (χ3v) is 5.59. The Morgan fingerprint density at radius 1 is 1.36 bits per heavy atom. The fourth-order valence-corrected chi connectivity index (χ4v) is 4.05. The highest BCUT2D eigenvalue weighted by molar-refractivity contribution is 7.07. The molecular weight excluding hydrogens is 334 g/mol. The average Bonchev–Trinajstić information content (AvgIpc) is 3.18. The average molecular weight is 366 g/mol. The van der Waals surface area contributed by atoms with Crippen molar-refractivity contribution in [2.75, 3.05) is 32.8 Å². The molecule has 6 heteroatoms. The van der Waals surface area contributed by atoms with E-state index < -0.39 is 0 Å². The van der Waals surface area contributed by atoms with Crippen LogP contribution in [0, 0.1) is 0 Å². The second-order valence-electron chi connectivity index (χ2n) is 6.81. The molecule has 140 valence electrons. The first-order chi connectivity index (χ1) is 12.3. The van der Waals surface area contributed by atoms with Crippen molar-refractivity contribution in [2.45, 2.75) is 57.8 Å². The molecule has 0 spiro atoms. The lowest BCUT2D eigenvalue weighted by Crippen LogP contribution is -2.47. The Kier molecular flexibility index (Phi) is 7.57. The summed E-state index contributed by atoms with van der Waals surface area (Å²) in [7, 11) is 0. The summed E-state index contributed by atoms with van der Waals surface area (Å²) >= 11 is 1.73. The van der Waals surface area contributed by atoms with E-state index in [1.165, 1.54) is 18.4 Å². The molecule has 0 bridgehead atoms. The van der Waals surface area contributed by atoms with Crippen LogP contribution in [0.5, 0.6) is 0 Å². The first-order valence-corrected chi connectivity index (χ1v) is 10.6. The summed E-state index contributed by atoms with van der Waals surface area (Å²) in [5.41, 5.74) is 1.28. The fourth-order valence-electron chi connectivity index (χ4n) is 3.39. The number of aliphatic imine (C=N–C) groups is 1. The molecule has 0 amide bonds. The number of likely N-dealkylation sites (tertiary alicyclic amines) is 1. The minimum atomic E-state index is 0.316. The number of piperidine rings is 1. The lowest BCUT2D eigenvalue weighted by molar-refractivity contribution is -0.0721. The van der Waals surface area contributed by atoms with Gasteiger partial charge in [-0.3, -0.25) is 0 Å². The molecule has 0 aromatic carbocycles. The van der Waals surface area contributed by atoms with Gasteiger partial charge in [0.2, 0.25) is 0 Å². The van der Waals surface area contributed by atoms with Gasteiger partial charge in [0.1, 0.15) is 0 Å². The number of hydrogen-bond donors (Lipinski definition) is 1. The highest BCUT2D eigenvalue weighted by Gasteiger charge is 2.23. The summed E-state index contributed by atoms with van der Waals surface area (Å²) < 4.78 is 11.9. The third-order valence-electron chi connectivity index (χ3n) is 4.86. The Labute approximate surface area is 155 Å². The summed E-state index contributed by atoms with van der Waals surface area (Å²) in [6.07, 6.45) is 6.44. The molecule has 5 nitrogen and oxygen atoms in total. The van der Waals surface area contributed by atoms with Gasteiger partial charge in [0.25, 0.3) is 0 Å². The van der Waals surface area contributed by atoms with Crippen LogP contribution < -0.4 is 5.32 Å². The van der Waals surface area contributed by atoms with Crippen LogP contribution in [-0.4, -0.2) is 55.9 Å². The van der Waals surface area contributed by atoms with E-state index in [1.807, 2.05) is 0 Å². The predicted octanol–water partition coefficient (Wildman–Crippen LogP) is 3.26. The van der Waals surface area contributed by atoms with Crippen LogP contribution in [0.4, 0.5) is 0 Å². The van der Waals surface area contributed by atoms with Crippen molar-refractivity contribution in [3.8, 4) is 0 Å². The van der Waals surface area contributed by atoms with Gasteiger partial charge in [-0.25, -0.2) is 4.99 Å². The topological polar surface area (TPSA) is 46.1 Å². The lowest BCUT2D eigenvalue weighted by Gasteiger charge is -2.35. The van der Waals surface area contributed by atoms with Gasteiger partial charge in [0.05, 0.1) is 25.4 Å². The molecule has 1 N–H and O–H groups in total. The molecule has 2 saturated heterocycles. The fraction of sp³-hybridized carbons (Fsp3) is 0.737. The molecule has 0 aliphatic carbocycles. The molecule has 1 atom stereocenters. The highest BCUT2D eigenvalue weighted by atomic mass is 32.1. The van der Waals surface area contributed by atoms with E-state index in [0.29, 0.717) is 12.2 Å². The van der Waals surface area contributed by atoms with E-state index >= 15 is 0 Å². The molecule has 1 unspecified atom stereocenters. The predicted molar refractivity (Wildman–Crippen MR) is 103 cm³/mol. The van der Waals surface area contributed by atoms with Crippen molar-refractivity contribution in [3.63, 3.8) is 0 Å². The van der Waals surface area contributed by atoms with E-state index in [1.54, 1.807) is 11.3 Å². The molecule has 0 radical (unpaired) electrons. The van der Waals surface area contributed by atoms with Gasteiger partial charge in [-0.1, -0.05) is 0 Å². The van der Waals surface area contributed by atoms with Gasteiger partial charge in [0.15, 0.2) is 5.96 Å². The molecule has 2 aliphatic heterocycles. The molecule has 25 heavy (non-hydrogen) atoms. The van der Waals surface area contributed by atoms with Crippen LogP contribution in [0.2, 0.25) is 0 Å². The number of nitrogens with zero attached hydrogens (tertiary/aromatic N) is 2. The van der Waals surface area contributed by atoms with Crippen LogP contribution in [0.25, 0.3) is 0 Å². The van der Waals surface area contributed by atoms with Crippen LogP contribution in [-0.2, 0) is 16.0 Å². The SMILES string of the molecule is CCNC(=NCc1ccsc1)N1CCC(OCC2CCCCO2)CC1. The van der Waals surface area contributed by atoms with E-state index in [2.05, 4.69) is 34.0 Å². The van der Waals surface area contributed by atoms with Crippen LogP contribution in [0.3, 0.4) is 0 Å². The van der Waals surface area contributed by atoms with Gasteiger partial charge in [-0.2, -0.15) is 11.3 Å². The van der Waals surface area contributed by atoms with Crippen molar-refractivity contribution in [3.05, 3.63) is 22.4 Å². The normalized spacial score (nSPS) is 23.0. The van der Waals surface area contributed by atoms with Crippen molar-refractivity contribution in [2.24, 2.45) is 4.99 Å². The Morgan fingerprint density at radius 3 is 2.92 bits per heavy atom.